The molecule has 0 saturated heterocycles. The largest absolute Gasteiger partial charge is 0.349 e. The van der Waals surface area contributed by atoms with E-state index in [1.807, 2.05) is 68.4 Å². The van der Waals surface area contributed by atoms with Gasteiger partial charge in [0.2, 0.25) is 5.95 Å². The molecule has 1 heterocycles. The number of aryl methyl sites for hydroxylation is 1. The van der Waals surface area contributed by atoms with Crippen LogP contribution in [-0.4, -0.2) is 9.97 Å². The summed E-state index contributed by atoms with van der Waals surface area (Å²) in [7, 11) is 0. The fraction of sp³-hybridized carbons (Fsp3) is 0.200. The Balaban J connectivity index is 1.80. The van der Waals surface area contributed by atoms with Gasteiger partial charge in [-0.05, 0) is 37.1 Å². The lowest BCUT2D eigenvalue weighted by Crippen LogP contribution is -2.20. The fourth-order valence-electron chi connectivity index (χ4n) is 2.72. The number of nitrogens with one attached hydrogen (secondary N) is 2. The quantitative estimate of drug-likeness (QED) is 0.710. The fourth-order valence-corrected chi connectivity index (χ4v) is 2.85. The highest BCUT2D eigenvalue weighted by Gasteiger charge is 2.11. The molecule has 0 bridgehead atoms. The van der Waals surface area contributed by atoms with Crippen LogP contribution < -0.4 is 10.9 Å². The molecular weight excluding hydrogens is 334 g/mol. The summed E-state index contributed by atoms with van der Waals surface area (Å²) in [5, 5.41) is 3.94. The second-order valence-electron chi connectivity index (χ2n) is 6.06. The average molecular weight is 354 g/mol. The molecule has 0 saturated carbocycles. The lowest BCUT2D eigenvalue weighted by molar-refractivity contribution is 0.847. The molecule has 3 rings (SSSR count). The minimum absolute atomic E-state index is 0.0471. The van der Waals surface area contributed by atoms with Crippen LogP contribution in [0.1, 0.15) is 35.3 Å². The Hall–Kier alpha value is -2.59. The summed E-state index contributed by atoms with van der Waals surface area (Å²) in [6, 6.07) is 17.6. The number of anilines is 1. The smallest absolute Gasteiger partial charge is 0.256 e. The first-order chi connectivity index (χ1) is 12.0. The van der Waals surface area contributed by atoms with Gasteiger partial charge in [0.1, 0.15) is 0 Å². The monoisotopic (exact) mass is 353 g/mol. The number of benzene rings is 2. The molecule has 0 radical (unpaired) electrons. The molecule has 0 aliphatic carbocycles. The number of nitrogens with zero attached hydrogens (tertiary/aromatic N) is 1. The maximum Gasteiger partial charge on any atom is 0.256 e. The molecule has 128 valence electrons. The Morgan fingerprint density at radius 3 is 2.44 bits per heavy atom. The standard InChI is InChI=1S/C20H20ClN3O/c1-13(16-6-4-3-5-7-16)22-20-23-14(2)18(19(25)24-20)12-15-8-10-17(21)11-9-15/h3-11,13H,12H2,1-2H3,(H2,22,23,24,25). The number of rotatable bonds is 5. The normalized spacial score (nSPS) is 12.0. The van der Waals surface area contributed by atoms with Gasteiger partial charge < -0.3 is 5.32 Å². The number of H-pyrrole nitrogens is 1. The predicted molar refractivity (Wildman–Crippen MR) is 102 cm³/mol. The van der Waals surface area contributed by atoms with Gasteiger partial charge in [-0.25, -0.2) is 4.98 Å². The van der Waals surface area contributed by atoms with Gasteiger partial charge in [0, 0.05) is 17.0 Å². The van der Waals surface area contributed by atoms with E-state index in [4.69, 9.17) is 11.6 Å². The predicted octanol–water partition coefficient (Wildman–Crippen LogP) is 4.50. The van der Waals surface area contributed by atoms with Crippen LogP contribution >= 0.6 is 11.6 Å². The number of aromatic nitrogens is 2. The van der Waals surface area contributed by atoms with E-state index in [1.165, 1.54) is 0 Å². The molecule has 1 atom stereocenters. The number of halogens is 1. The van der Waals surface area contributed by atoms with Gasteiger partial charge in [-0.1, -0.05) is 54.1 Å². The van der Waals surface area contributed by atoms with Gasteiger partial charge in [-0.2, -0.15) is 0 Å². The van der Waals surface area contributed by atoms with Crippen molar-refractivity contribution in [1.29, 1.82) is 0 Å². The molecule has 25 heavy (non-hydrogen) atoms. The summed E-state index contributed by atoms with van der Waals surface area (Å²) in [4.78, 5) is 19.9. The minimum Gasteiger partial charge on any atom is -0.349 e. The number of hydrogen-bond donors (Lipinski definition) is 2. The maximum absolute atomic E-state index is 12.5. The van der Waals surface area contributed by atoms with Crippen molar-refractivity contribution in [2.75, 3.05) is 5.32 Å². The summed E-state index contributed by atoms with van der Waals surface area (Å²) in [6.45, 7) is 3.89. The van der Waals surface area contributed by atoms with E-state index in [2.05, 4.69) is 15.3 Å². The first-order valence-electron chi connectivity index (χ1n) is 8.18. The molecule has 0 aliphatic heterocycles. The van der Waals surface area contributed by atoms with Crippen LogP contribution in [0, 0.1) is 6.92 Å². The summed E-state index contributed by atoms with van der Waals surface area (Å²) < 4.78 is 0. The SMILES string of the molecule is Cc1nc(NC(C)c2ccccc2)[nH]c(=O)c1Cc1ccc(Cl)cc1. The molecule has 2 aromatic carbocycles. The van der Waals surface area contributed by atoms with Gasteiger partial charge in [0.05, 0.1) is 11.7 Å². The summed E-state index contributed by atoms with van der Waals surface area (Å²) >= 11 is 5.91. The molecule has 0 spiro atoms. The van der Waals surface area contributed by atoms with E-state index in [1.54, 1.807) is 0 Å². The molecular formula is C20H20ClN3O. The highest BCUT2D eigenvalue weighted by atomic mass is 35.5. The molecule has 0 fully saturated rings. The summed E-state index contributed by atoms with van der Waals surface area (Å²) in [5.74, 6) is 0.485. The zero-order valence-corrected chi connectivity index (χ0v) is 15.0. The molecule has 1 aromatic heterocycles. The van der Waals surface area contributed by atoms with Crippen molar-refractivity contribution in [1.82, 2.24) is 9.97 Å². The van der Waals surface area contributed by atoms with Crippen LogP contribution in [0.15, 0.2) is 59.4 Å². The van der Waals surface area contributed by atoms with E-state index in [0.717, 1.165) is 16.8 Å². The minimum atomic E-state index is -0.120. The van der Waals surface area contributed by atoms with E-state index < -0.39 is 0 Å². The number of hydrogen-bond acceptors (Lipinski definition) is 3. The topological polar surface area (TPSA) is 57.8 Å². The molecule has 2 N–H and O–H groups in total. The first-order valence-corrected chi connectivity index (χ1v) is 8.56. The van der Waals surface area contributed by atoms with E-state index in [0.29, 0.717) is 23.0 Å². The third-order valence-corrected chi connectivity index (χ3v) is 4.42. The average Bonchev–Trinajstić information content (AvgIpc) is 2.60. The van der Waals surface area contributed by atoms with Gasteiger partial charge >= 0.3 is 0 Å². The second-order valence-corrected chi connectivity index (χ2v) is 6.49. The Bertz CT molecular complexity index is 904. The van der Waals surface area contributed by atoms with Gasteiger partial charge in [0.15, 0.2) is 0 Å². The van der Waals surface area contributed by atoms with E-state index in [-0.39, 0.29) is 11.6 Å². The van der Waals surface area contributed by atoms with Crippen molar-refractivity contribution >= 4 is 17.5 Å². The van der Waals surface area contributed by atoms with Crippen molar-refractivity contribution in [2.24, 2.45) is 0 Å². The van der Waals surface area contributed by atoms with Crippen LogP contribution in [-0.2, 0) is 6.42 Å². The second kappa shape index (κ2) is 7.53. The molecule has 4 nitrogen and oxygen atoms in total. The lowest BCUT2D eigenvalue weighted by Gasteiger charge is -2.15. The maximum atomic E-state index is 12.5. The summed E-state index contributed by atoms with van der Waals surface area (Å²) in [5.41, 5.74) is 3.43. The van der Waals surface area contributed by atoms with Crippen molar-refractivity contribution in [3.05, 3.63) is 92.4 Å². The molecule has 3 aromatic rings. The van der Waals surface area contributed by atoms with Gasteiger partial charge in [-0.15, -0.1) is 0 Å². The Morgan fingerprint density at radius 1 is 1.12 bits per heavy atom. The third-order valence-electron chi connectivity index (χ3n) is 4.17. The van der Waals surface area contributed by atoms with E-state index >= 15 is 0 Å². The van der Waals surface area contributed by atoms with Gasteiger partial charge in [0.25, 0.3) is 5.56 Å². The zero-order chi connectivity index (χ0) is 17.8. The molecule has 0 aliphatic rings. The lowest BCUT2D eigenvalue weighted by atomic mass is 10.1. The van der Waals surface area contributed by atoms with E-state index in [9.17, 15) is 4.79 Å². The van der Waals surface area contributed by atoms with Crippen molar-refractivity contribution in [2.45, 2.75) is 26.3 Å². The van der Waals surface area contributed by atoms with Crippen LogP contribution in [0.3, 0.4) is 0 Å². The Kier molecular flexibility index (Phi) is 5.19. The molecule has 1 unspecified atom stereocenters. The molecule has 0 amide bonds. The van der Waals surface area contributed by atoms with Crippen molar-refractivity contribution < 1.29 is 0 Å². The highest BCUT2D eigenvalue weighted by molar-refractivity contribution is 6.30. The molecule has 5 heteroatoms. The van der Waals surface area contributed by atoms with Crippen LogP contribution in [0.25, 0.3) is 0 Å². The van der Waals surface area contributed by atoms with Gasteiger partial charge in [-0.3, -0.25) is 9.78 Å². The highest BCUT2D eigenvalue weighted by Crippen LogP contribution is 2.17. The van der Waals surface area contributed by atoms with Crippen molar-refractivity contribution in [3.8, 4) is 0 Å². The summed E-state index contributed by atoms with van der Waals surface area (Å²) in [6.07, 6.45) is 0.528. The van der Waals surface area contributed by atoms with Crippen LogP contribution in [0.5, 0.6) is 0 Å². The van der Waals surface area contributed by atoms with Crippen LogP contribution in [0.2, 0.25) is 5.02 Å². The van der Waals surface area contributed by atoms with Crippen LogP contribution in [0.4, 0.5) is 5.95 Å². The Morgan fingerprint density at radius 2 is 1.80 bits per heavy atom. The Labute approximate surface area is 151 Å². The van der Waals surface area contributed by atoms with Crippen molar-refractivity contribution in [3.63, 3.8) is 0 Å². The third kappa shape index (κ3) is 4.28. The number of aromatic amines is 1. The first kappa shape index (κ1) is 17.2. The zero-order valence-electron chi connectivity index (χ0n) is 14.2.